The average molecular weight is 384 g/mol. The Labute approximate surface area is 156 Å². The summed E-state index contributed by atoms with van der Waals surface area (Å²) >= 11 is 12.0. The van der Waals surface area contributed by atoms with Crippen molar-refractivity contribution in [3.05, 3.63) is 52.0 Å². The van der Waals surface area contributed by atoms with E-state index in [0.29, 0.717) is 40.3 Å². The van der Waals surface area contributed by atoms with Crippen LogP contribution < -0.4 is 19.5 Å². The molecule has 25 heavy (non-hydrogen) atoms. The van der Waals surface area contributed by atoms with Gasteiger partial charge in [-0.05, 0) is 24.1 Å². The highest BCUT2D eigenvalue weighted by Gasteiger charge is 2.07. The van der Waals surface area contributed by atoms with E-state index in [1.165, 1.54) is 0 Å². The van der Waals surface area contributed by atoms with E-state index in [2.05, 4.69) is 5.32 Å². The number of carbonyl (C=O) groups excluding carboxylic acids is 1. The van der Waals surface area contributed by atoms with Gasteiger partial charge in [-0.3, -0.25) is 4.79 Å². The molecule has 134 valence electrons. The second-order valence-corrected chi connectivity index (χ2v) is 6.02. The van der Waals surface area contributed by atoms with Crippen LogP contribution in [0.5, 0.6) is 17.2 Å². The van der Waals surface area contributed by atoms with Gasteiger partial charge < -0.3 is 19.5 Å². The van der Waals surface area contributed by atoms with Crippen molar-refractivity contribution in [2.24, 2.45) is 0 Å². The quantitative estimate of drug-likeness (QED) is 0.753. The van der Waals surface area contributed by atoms with Gasteiger partial charge in [0.2, 0.25) is 0 Å². The Morgan fingerprint density at radius 1 is 1.00 bits per heavy atom. The van der Waals surface area contributed by atoms with E-state index in [4.69, 9.17) is 37.4 Å². The summed E-state index contributed by atoms with van der Waals surface area (Å²) in [5.74, 6) is 1.44. The van der Waals surface area contributed by atoms with Crippen LogP contribution in [0, 0.1) is 0 Å². The van der Waals surface area contributed by atoms with E-state index in [1.54, 1.807) is 44.6 Å². The van der Waals surface area contributed by atoms with E-state index in [-0.39, 0.29) is 12.5 Å². The van der Waals surface area contributed by atoms with E-state index in [0.717, 1.165) is 5.56 Å². The van der Waals surface area contributed by atoms with E-state index < -0.39 is 0 Å². The highest BCUT2D eigenvalue weighted by atomic mass is 35.5. The first-order valence-electron chi connectivity index (χ1n) is 7.58. The fourth-order valence-electron chi connectivity index (χ4n) is 2.13. The molecular formula is C18H19Cl2NO4. The maximum absolute atomic E-state index is 11.9. The molecule has 0 spiro atoms. The zero-order valence-corrected chi connectivity index (χ0v) is 15.5. The number of nitrogens with one attached hydrogen (secondary N) is 1. The summed E-state index contributed by atoms with van der Waals surface area (Å²) in [6.45, 7) is 0.343. The Bertz CT molecular complexity index is 715. The zero-order chi connectivity index (χ0) is 18.2. The van der Waals surface area contributed by atoms with Crippen molar-refractivity contribution in [3.63, 3.8) is 0 Å². The minimum Gasteiger partial charge on any atom is -0.496 e. The van der Waals surface area contributed by atoms with Crippen LogP contribution in [0.25, 0.3) is 0 Å². The number of hydrogen-bond acceptors (Lipinski definition) is 4. The maximum atomic E-state index is 11.9. The topological polar surface area (TPSA) is 56.8 Å². The number of benzene rings is 2. The predicted octanol–water partition coefficient (Wildman–Crippen LogP) is 3.75. The van der Waals surface area contributed by atoms with Crippen molar-refractivity contribution in [1.29, 1.82) is 0 Å². The molecule has 1 amide bonds. The highest BCUT2D eigenvalue weighted by Crippen LogP contribution is 2.27. The molecule has 0 heterocycles. The van der Waals surface area contributed by atoms with E-state index in [9.17, 15) is 4.79 Å². The van der Waals surface area contributed by atoms with Crippen LogP contribution in [0.15, 0.2) is 36.4 Å². The number of carbonyl (C=O) groups is 1. The molecule has 0 fully saturated rings. The molecule has 0 aliphatic heterocycles. The second-order valence-electron chi connectivity index (χ2n) is 5.17. The fraction of sp³-hybridized carbons (Fsp3) is 0.278. The van der Waals surface area contributed by atoms with E-state index >= 15 is 0 Å². The molecule has 0 unspecified atom stereocenters. The molecule has 1 N–H and O–H groups in total. The van der Waals surface area contributed by atoms with E-state index in [1.807, 2.05) is 6.07 Å². The van der Waals surface area contributed by atoms with Crippen molar-refractivity contribution in [3.8, 4) is 17.2 Å². The second kappa shape index (κ2) is 9.39. The van der Waals surface area contributed by atoms with Gasteiger partial charge in [-0.15, -0.1) is 0 Å². The van der Waals surface area contributed by atoms with Crippen molar-refractivity contribution < 1.29 is 19.0 Å². The summed E-state index contributed by atoms with van der Waals surface area (Å²) in [5.41, 5.74) is 0.921. The van der Waals surface area contributed by atoms with Gasteiger partial charge in [-0.1, -0.05) is 29.3 Å². The van der Waals surface area contributed by atoms with Gasteiger partial charge in [0.25, 0.3) is 5.91 Å². The largest absolute Gasteiger partial charge is 0.496 e. The van der Waals surface area contributed by atoms with Gasteiger partial charge >= 0.3 is 0 Å². The van der Waals surface area contributed by atoms with Gasteiger partial charge in [0.1, 0.15) is 17.2 Å². The van der Waals surface area contributed by atoms with Gasteiger partial charge in [0.05, 0.1) is 14.2 Å². The number of rotatable bonds is 8. The fourth-order valence-corrected chi connectivity index (χ4v) is 2.63. The van der Waals surface area contributed by atoms with Gasteiger partial charge in [-0.2, -0.15) is 0 Å². The number of ether oxygens (including phenoxy) is 3. The Hall–Kier alpha value is -2.11. The molecule has 0 atom stereocenters. The van der Waals surface area contributed by atoms with Gasteiger partial charge in [0.15, 0.2) is 6.61 Å². The maximum Gasteiger partial charge on any atom is 0.257 e. The van der Waals surface area contributed by atoms with Gasteiger partial charge in [0, 0.05) is 34.8 Å². The Kier molecular flexibility index (Phi) is 7.22. The predicted molar refractivity (Wildman–Crippen MR) is 98.2 cm³/mol. The monoisotopic (exact) mass is 383 g/mol. The summed E-state index contributed by atoms with van der Waals surface area (Å²) in [5, 5.41) is 3.95. The molecule has 0 bridgehead atoms. The van der Waals surface area contributed by atoms with Crippen LogP contribution in [-0.4, -0.2) is 33.3 Å². The number of halogens is 2. The molecule has 2 aromatic carbocycles. The summed E-state index contributed by atoms with van der Waals surface area (Å²) in [4.78, 5) is 11.9. The molecule has 0 aliphatic rings. The van der Waals surface area contributed by atoms with Crippen LogP contribution in [0.3, 0.4) is 0 Å². The third-order valence-corrected chi connectivity index (χ3v) is 4.01. The smallest absolute Gasteiger partial charge is 0.257 e. The number of methoxy groups -OCH3 is 2. The summed E-state index contributed by atoms with van der Waals surface area (Å²) in [6.07, 6.45) is 0.606. The third kappa shape index (κ3) is 6.03. The Morgan fingerprint density at radius 2 is 1.64 bits per heavy atom. The molecule has 0 aromatic heterocycles. The average Bonchev–Trinajstić information content (AvgIpc) is 2.61. The molecule has 0 saturated carbocycles. The number of hydrogen-bond donors (Lipinski definition) is 1. The minimum absolute atomic E-state index is 0.106. The van der Waals surface area contributed by atoms with Crippen molar-refractivity contribution in [2.45, 2.75) is 6.42 Å². The highest BCUT2D eigenvalue weighted by molar-refractivity contribution is 6.35. The third-order valence-electron chi connectivity index (χ3n) is 3.43. The first-order chi connectivity index (χ1) is 12.0. The standard InChI is InChI=1S/C18H19Cl2NO4/c1-23-14-8-15(24-2)10-16(9-14)25-11-18(22)21-6-5-12-3-4-13(19)7-17(12)20/h3-4,7-10H,5-6,11H2,1-2H3,(H,21,22). The molecule has 2 rings (SSSR count). The molecule has 7 heteroatoms. The van der Waals surface area contributed by atoms with Crippen LogP contribution >= 0.6 is 23.2 Å². The van der Waals surface area contributed by atoms with Crippen molar-refractivity contribution >= 4 is 29.1 Å². The van der Waals surface area contributed by atoms with Crippen LogP contribution in [0.2, 0.25) is 10.0 Å². The molecule has 0 radical (unpaired) electrons. The Balaban J connectivity index is 1.81. The lowest BCUT2D eigenvalue weighted by Gasteiger charge is -2.11. The lowest BCUT2D eigenvalue weighted by atomic mass is 10.1. The first kappa shape index (κ1) is 19.2. The lowest BCUT2D eigenvalue weighted by molar-refractivity contribution is -0.123. The van der Waals surface area contributed by atoms with Crippen LogP contribution in [0.4, 0.5) is 0 Å². The first-order valence-corrected chi connectivity index (χ1v) is 8.34. The molecule has 5 nitrogen and oxygen atoms in total. The van der Waals surface area contributed by atoms with Crippen LogP contribution in [-0.2, 0) is 11.2 Å². The minimum atomic E-state index is -0.230. The normalized spacial score (nSPS) is 10.2. The van der Waals surface area contributed by atoms with Crippen molar-refractivity contribution in [2.75, 3.05) is 27.4 Å². The zero-order valence-electron chi connectivity index (χ0n) is 14.0. The summed E-state index contributed by atoms with van der Waals surface area (Å²) in [6, 6.07) is 10.4. The lowest BCUT2D eigenvalue weighted by Crippen LogP contribution is -2.30. The summed E-state index contributed by atoms with van der Waals surface area (Å²) in [7, 11) is 3.10. The number of amides is 1. The molecule has 2 aromatic rings. The molecule has 0 saturated heterocycles. The molecular weight excluding hydrogens is 365 g/mol. The molecule has 0 aliphatic carbocycles. The van der Waals surface area contributed by atoms with Crippen molar-refractivity contribution in [1.82, 2.24) is 5.32 Å². The van der Waals surface area contributed by atoms with Crippen LogP contribution in [0.1, 0.15) is 5.56 Å². The Morgan fingerprint density at radius 3 is 2.24 bits per heavy atom. The summed E-state index contributed by atoms with van der Waals surface area (Å²) < 4.78 is 15.8. The SMILES string of the molecule is COc1cc(OC)cc(OCC(=O)NCCc2ccc(Cl)cc2Cl)c1. The van der Waals surface area contributed by atoms with Gasteiger partial charge in [-0.25, -0.2) is 0 Å².